The summed E-state index contributed by atoms with van der Waals surface area (Å²) in [6, 6.07) is 0. The highest BCUT2D eigenvalue weighted by molar-refractivity contribution is 5.79. The summed E-state index contributed by atoms with van der Waals surface area (Å²) in [6.45, 7) is 3.80. The summed E-state index contributed by atoms with van der Waals surface area (Å²) < 4.78 is 13.8. The van der Waals surface area contributed by atoms with E-state index in [-0.39, 0.29) is 13.2 Å². The van der Waals surface area contributed by atoms with Crippen LogP contribution in [-0.4, -0.2) is 37.2 Å². The van der Waals surface area contributed by atoms with Crippen molar-refractivity contribution in [2.45, 2.75) is 26.9 Å². The molecule has 6 heteroatoms. The van der Waals surface area contributed by atoms with Crippen molar-refractivity contribution in [2.24, 2.45) is 0 Å². The summed E-state index contributed by atoms with van der Waals surface area (Å²) in [4.78, 5) is 32.3. The highest BCUT2D eigenvalue weighted by atomic mass is 16.6. The molecule has 0 saturated heterocycles. The van der Waals surface area contributed by atoms with Crippen molar-refractivity contribution in [3.63, 3.8) is 0 Å². The van der Waals surface area contributed by atoms with Gasteiger partial charge in [-0.05, 0) is 6.92 Å². The maximum Gasteiger partial charge on any atom is 0.351 e. The molecule has 0 fully saturated rings. The van der Waals surface area contributed by atoms with Crippen molar-refractivity contribution in [3.05, 3.63) is 0 Å². The summed E-state index contributed by atoms with van der Waals surface area (Å²) in [5.74, 6) is -1.93. The Balaban J connectivity index is 4.23. The van der Waals surface area contributed by atoms with Gasteiger partial charge in [-0.2, -0.15) is 0 Å². The van der Waals surface area contributed by atoms with Crippen LogP contribution in [0.1, 0.15) is 20.8 Å². The van der Waals surface area contributed by atoms with Crippen LogP contribution < -0.4 is 0 Å². The van der Waals surface area contributed by atoms with E-state index in [1.807, 2.05) is 0 Å². The summed E-state index contributed by atoms with van der Waals surface area (Å²) in [5.41, 5.74) is 0. The predicted molar refractivity (Wildman–Crippen MR) is 48.8 cm³/mol. The molecule has 0 bridgehead atoms. The minimum atomic E-state index is -1.19. The highest BCUT2D eigenvalue weighted by Crippen LogP contribution is 1.98. The van der Waals surface area contributed by atoms with Crippen LogP contribution >= 0.6 is 0 Å². The molecule has 0 aliphatic carbocycles. The summed E-state index contributed by atoms with van der Waals surface area (Å²) in [5, 5.41) is 0. The van der Waals surface area contributed by atoms with Gasteiger partial charge in [0.2, 0.25) is 6.10 Å². The van der Waals surface area contributed by atoms with Crippen LogP contribution in [0.3, 0.4) is 0 Å². The zero-order valence-electron chi connectivity index (χ0n) is 8.94. The Labute approximate surface area is 87.5 Å². The lowest BCUT2D eigenvalue weighted by Crippen LogP contribution is -2.33. The molecule has 0 N–H and O–H groups in total. The van der Waals surface area contributed by atoms with Gasteiger partial charge in [0, 0.05) is 13.8 Å². The molecule has 0 heterocycles. The molecule has 0 unspecified atom stereocenters. The first-order valence-corrected chi connectivity index (χ1v) is 4.44. The fourth-order valence-electron chi connectivity index (χ4n) is 0.779. The second kappa shape index (κ2) is 6.80. The first-order valence-electron chi connectivity index (χ1n) is 4.44. The van der Waals surface area contributed by atoms with Gasteiger partial charge in [-0.1, -0.05) is 0 Å². The fourth-order valence-corrected chi connectivity index (χ4v) is 0.779. The summed E-state index contributed by atoms with van der Waals surface area (Å²) in [6.07, 6.45) is -1.19. The standard InChI is InChI=1S/C9H14O6/c1-4-13-9(12)8(15-7(3)11)5-14-6(2)10/h8H,4-5H2,1-3H3/t8-/m1/s1. The molecule has 0 spiro atoms. The number of carbonyl (C=O) groups excluding carboxylic acids is 3. The molecular formula is C9H14O6. The third kappa shape index (κ3) is 6.48. The quantitative estimate of drug-likeness (QED) is 0.479. The van der Waals surface area contributed by atoms with E-state index in [0.29, 0.717) is 0 Å². The van der Waals surface area contributed by atoms with Gasteiger partial charge >= 0.3 is 17.9 Å². The normalized spacial score (nSPS) is 11.4. The van der Waals surface area contributed by atoms with E-state index >= 15 is 0 Å². The number of rotatable bonds is 5. The maximum absolute atomic E-state index is 11.2. The van der Waals surface area contributed by atoms with Crippen LogP contribution in [-0.2, 0) is 28.6 Å². The van der Waals surface area contributed by atoms with Crippen molar-refractivity contribution in [2.75, 3.05) is 13.2 Å². The maximum atomic E-state index is 11.2. The molecule has 0 aromatic rings. The Kier molecular flexibility index (Phi) is 6.08. The van der Waals surface area contributed by atoms with Gasteiger partial charge in [-0.3, -0.25) is 9.59 Å². The van der Waals surface area contributed by atoms with Crippen molar-refractivity contribution in [1.29, 1.82) is 0 Å². The van der Waals surface area contributed by atoms with Gasteiger partial charge in [-0.15, -0.1) is 0 Å². The monoisotopic (exact) mass is 218 g/mol. The minimum Gasteiger partial charge on any atom is -0.463 e. The van der Waals surface area contributed by atoms with Crippen LogP contribution in [0.15, 0.2) is 0 Å². The smallest absolute Gasteiger partial charge is 0.351 e. The second-order valence-electron chi connectivity index (χ2n) is 2.65. The van der Waals surface area contributed by atoms with E-state index in [2.05, 4.69) is 14.2 Å². The molecule has 0 aromatic carbocycles. The molecule has 0 aliphatic heterocycles. The first kappa shape index (κ1) is 13.4. The van der Waals surface area contributed by atoms with Crippen molar-refractivity contribution < 1.29 is 28.6 Å². The molecule has 86 valence electrons. The zero-order chi connectivity index (χ0) is 11.8. The van der Waals surface area contributed by atoms with Crippen LogP contribution in [0, 0.1) is 0 Å². The largest absolute Gasteiger partial charge is 0.463 e. The lowest BCUT2D eigenvalue weighted by molar-refractivity contribution is -0.172. The van der Waals surface area contributed by atoms with Crippen LogP contribution in [0.5, 0.6) is 0 Å². The molecule has 0 rings (SSSR count). The van der Waals surface area contributed by atoms with Crippen LogP contribution in [0.2, 0.25) is 0 Å². The lowest BCUT2D eigenvalue weighted by Gasteiger charge is -2.14. The van der Waals surface area contributed by atoms with E-state index in [1.54, 1.807) is 6.92 Å². The molecule has 6 nitrogen and oxygen atoms in total. The van der Waals surface area contributed by atoms with E-state index in [0.717, 1.165) is 6.92 Å². The second-order valence-corrected chi connectivity index (χ2v) is 2.65. The van der Waals surface area contributed by atoms with Crippen LogP contribution in [0.25, 0.3) is 0 Å². The topological polar surface area (TPSA) is 78.9 Å². The fraction of sp³-hybridized carbons (Fsp3) is 0.667. The molecule has 0 aliphatic rings. The van der Waals surface area contributed by atoms with Crippen molar-refractivity contribution in [3.8, 4) is 0 Å². The van der Waals surface area contributed by atoms with E-state index in [1.165, 1.54) is 6.92 Å². The summed E-state index contributed by atoms with van der Waals surface area (Å²) in [7, 11) is 0. The third-order valence-corrected chi connectivity index (χ3v) is 1.30. The molecule has 1 atom stereocenters. The molecule has 0 amide bonds. The van der Waals surface area contributed by atoms with Gasteiger partial charge < -0.3 is 14.2 Å². The Morgan fingerprint density at radius 3 is 2.07 bits per heavy atom. The first-order chi connectivity index (χ1) is 6.97. The predicted octanol–water partition coefficient (Wildman–Crippen LogP) is 0.0443. The molecular weight excluding hydrogens is 204 g/mol. The number of carbonyl (C=O) groups is 3. The van der Waals surface area contributed by atoms with Gasteiger partial charge in [0.1, 0.15) is 6.61 Å². The molecule has 0 saturated carbocycles. The number of hydrogen-bond donors (Lipinski definition) is 0. The third-order valence-electron chi connectivity index (χ3n) is 1.30. The Hall–Kier alpha value is -1.59. The number of hydrogen-bond acceptors (Lipinski definition) is 6. The average molecular weight is 218 g/mol. The van der Waals surface area contributed by atoms with Gasteiger partial charge in [0.15, 0.2) is 0 Å². The minimum absolute atomic E-state index is 0.163. The molecule has 0 aromatic heterocycles. The highest BCUT2D eigenvalue weighted by Gasteiger charge is 2.24. The van der Waals surface area contributed by atoms with E-state index in [9.17, 15) is 14.4 Å². The van der Waals surface area contributed by atoms with Crippen molar-refractivity contribution in [1.82, 2.24) is 0 Å². The van der Waals surface area contributed by atoms with E-state index in [4.69, 9.17) is 0 Å². The van der Waals surface area contributed by atoms with Crippen molar-refractivity contribution >= 4 is 17.9 Å². The van der Waals surface area contributed by atoms with Gasteiger partial charge in [0.25, 0.3) is 0 Å². The van der Waals surface area contributed by atoms with Gasteiger partial charge in [-0.25, -0.2) is 4.79 Å². The molecule has 0 radical (unpaired) electrons. The lowest BCUT2D eigenvalue weighted by atomic mass is 10.4. The van der Waals surface area contributed by atoms with Crippen LogP contribution in [0.4, 0.5) is 0 Å². The average Bonchev–Trinajstić information content (AvgIpc) is 2.11. The summed E-state index contributed by atoms with van der Waals surface area (Å²) >= 11 is 0. The Morgan fingerprint density at radius 2 is 1.67 bits per heavy atom. The number of ether oxygens (including phenoxy) is 3. The van der Waals surface area contributed by atoms with E-state index < -0.39 is 24.0 Å². The zero-order valence-corrected chi connectivity index (χ0v) is 8.94. The Bertz CT molecular complexity index is 247. The Morgan fingerprint density at radius 1 is 1.07 bits per heavy atom. The SMILES string of the molecule is CCOC(=O)[C@@H](COC(C)=O)OC(C)=O. The van der Waals surface area contributed by atoms with Gasteiger partial charge in [0.05, 0.1) is 6.61 Å². The molecule has 15 heavy (non-hydrogen) atoms. The number of esters is 3.